The highest BCUT2D eigenvalue weighted by atomic mass is 127. The highest BCUT2D eigenvalue weighted by Crippen LogP contribution is 2.53. The largest absolute Gasteiger partial charge is 0.241 e. The van der Waals surface area contributed by atoms with Crippen LogP contribution in [0.4, 0.5) is 0 Å². The Morgan fingerprint density at radius 3 is 2.69 bits per heavy atom. The van der Waals surface area contributed by atoms with E-state index in [9.17, 15) is 0 Å². The topological polar surface area (TPSA) is 12.9 Å². The predicted molar refractivity (Wildman–Crippen MR) is 118 cm³/mol. The molecule has 5 rings (SSSR count). The van der Waals surface area contributed by atoms with Crippen molar-refractivity contribution in [2.45, 2.75) is 51.4 Å². The average molecular weight is 471 g/mol. The van der Waals surface area contributed by atoms with Gasteiger partial charge in [0.25, 0.3) is 0 Å². The second-order valence-corrected chi connectivity index (χ2v) is 9.92. The molecule has 3 aromatic rings. The monoisotopic (exact) mass is 471 g/mol. The van der Waals surface area contributed by atoms with Crippen molar-refractivity contribution in [2.24, 2.45) is 0 Å². The Labute approximate surface area is 173 Å². The van der Waals surface area contributed by atoms with Crippen molar-refractivity contribution >= 4 is 33.9 Å². The summed E-state index contributed by atoms with van der Waals surface area (Å²) < 4.78 is 1.34. The van der Waals surface area contributed by atoms with Crippen molar-refractivity contribution in [3.05, 3.63) is 72.8 Å². The zero-order chi connectivity index (χ0) is 17.8. The van der Waals surface area contributed by atoms with Gasteiger partial charge in [0, 0.05) is 20.9 Å². The number of hydrogen-bond donors (Lipinski definition) is 0. The summed E-state index contributed by atoms with van der Waals surface area (Å²) in [5, 5.41) is 3.41. The summed E-state index contributed by atoms with van der Waals surface area (Å²) in [7, 11) is 0. The SMILES string of the molecule is Cc1cc(Cc2csc(-c3ccc4c(c3)C3CCC4C3)n2)c(C)cc1I. The van der Waals surface area contributed by atoms with Gasteiger partial charge in [-0.3, -0.25) is 0 Å². The molecule has 2 aliphatic carbocycles. The van der Waals surface area contributed by atoms with E-state index in [-0.39, 0.29) is 0 Å². The van der Waals surface area contributed by atoms with Crippen LogP contribution in [0.3, 0.4) is 0 Å². The van der Waals surface area contributed by atoms with E-state index >= 15 is 0 Å². The van der Waals surface area contributed by atoms with E-state index < -0.39 is 0 Å². The van der Waals surface area contributed by atoms with Gasteiger partial charge in [0.2, 0.25) is 0 Å². The van der Waals surface area contributed by atoms with Crippen molar-refractivity contribution in [1.82, 2.24) is 4.98 Å². The predicted octanol–water partition coefficient (Wildman–Crippen LogP) is 6.99. The summed E-state index contributed by atoms with van der Waals surface area (Å²) in [6.45, 7) is 4.40. The second kappa shape index (κ2) is 6.45. The first-order valence-corrected chi connectivity index (χ1v) is 11.4. The zero-order valence-corrected chi connectivity index (χ0v) is 18.2. The fourth-order valence-corrected chi connectivity index (χ4v) is 6.17. The smallest absolute Gasteiger partial charge is 0.123 e. The quantitative estimate of drug-likeness (QED) is 0.376. The molecule has 2 bridgehead atoms. The van der Waals surface area contributed by atoms with Crippen molar-refractivity contribution in [3.8, 4) is 10.6 Å². The molecule has 132 valence electrons. The standard InChI is InChI=1S/C23H22INS/c1-13-8-22(24)14(2)7-18(13)10-19-12-26-23(25-19)17-5-6-20-15-3-4-16(9-15)21(20)11-17/h5-8,11-12,15-16H,3-4,9-10H2,1-2H3. The van der Waals surface area contributed by atoms with Gasteiger partial charge in [-0.15, -0.1) is 11.3 Å². The van der Waals surface area contributed by atoms with E-state index in [1.54, 1.807) is 22.5 Å². The molecule has 0 spiro atoms. The summed E-state index contributed by atoms with van der Waals surface area (Å²) in [6.07, 6.45) is 5.09. The third kappa shape index (κ3) is 2.84. The minimum atomic E-state index is 0.812. The van der Waals surface area contributed by atoms with Gasteiger partial charge in [-0.25, -0.2) is 4.98 Å². The molecule has 0 N–H and O–H groups in total. The molecule has 2 unspecified atom stereocenters. The normalized spacial score (nSPS) is 20.6. The van der Waals surface area contributed by atoms with Crippen molar-refractivity contribution in [3.63, 3.8) is 0 Å². The van der Waals surface area contributed by atoms with Crippen LogP contribution in [0.25, 0.3) is 10.6 Å². The summed E-state index contributed by atoms with van der Waals surface area (Å²) in [5.74, 6) is 1.65. The van der Waals surface area contributed by atoms with Gasteiger partial charge in [0.1, 0.15) is 5.01 Å². The maximum absolute atomic E-state index is 4.97. The molecule has 2 atom stereocenters. The number of aryl methyl sites for hydroxylation is 2. The van der Waals surface area contributed by atoms with E-state index in [0.717, 1.165) is 18.3 Å². The molecule has 0 saturated heterocycles. The first-order chi connectivity index (χ1) is 12.6. The Morgan fingerprint density at radius 1 is 1.04 bits per heavy atom. The fraction of sp³-hybridized carbons (Fsp3) is 0.348. The van der Waals surface area contributed by atoms with Crippen molar-refractivity contribution in [1.29, 1.82) is 0 Å². The molecule has 3 heteroatoms. The van der Waals surface area contributed by atoms with Gasteiger partial charge in [0.15, 0.2) is 0 Å². The number of benzene rings is 2. The lowest BCUT2D eigenvalue weighted by molar-refractivity contribution is 0.718. The number of fused-ring (bicyclic) bond motifs is 5. The molecule has 2 aliphatic rings. The minimum Gasteiger partial charge on any atom is -0.241 e. The summed E-state index contributed by atoms with van der Waals surface area (Å²) in [6, 6.07) is 11.7. The Kier molecular flexibility index (Phi) is 4.20. The van der Waals surface area contributed by atoms with E-state index in [0.29, 0.717) is 0 Å². The van der Waals surface area contributed by atoms with Crippen LogP contribution < -0.4 is 0 Å². The van der Waals surface area contributed by atoms with Crippen LogP contribution >= 0.6 is 33.9 Å². The third-order valence-corrected chi connectivity index (χ3v) is 8.29. The number of aromatic nitrogens is 1. The highest BCUT2D eigenvalue weighted by Gasteiger charge is 2.36. The van der Waals surface area contributed by atoms with Gasteiger partial charge in [0.05, 0.1) is 5.69 Å². The lowest BCUT2D eigenvalue weighted by atomic mass is 9.90. The molecular weight excluding hydrogens is 449 g/mol. The molecule has 1 nitrogen and oxygen atoms in total. The van der Waals surface area contributed by atoms with Gasteiger partial charge < -0.3 is 0 Å². The third-order valence-electron chi connectivity index (χ3n) is 6.19. The summed E-state index contributed by atoms with van der Waals surface area (Å²) in [5.41, 5.74) is 9.84. The Morgan fingerprint density at radius 2 is 1.85 bits per heavy atom. The Bertz CT molecular complexity index is 1000. The van der Waals surface area contributed by atoms with E-state index in [1.165, 1.54) is 55.8 Å². The zero-order valence-electron chi connectivity index (χ0n) is 15.2. The van der Waals surface area contributed by atoms with Crippen molar-refractivity contribution in [2.75, 3.05) is 0 Å². The highest BCUT2D eigenvalue weighted by molar-refractivity contribution is 14.1. The first-order valence-electron chi connectivity index (χ1n) is 9.42. The molecule has 2 aromatic carbocycles. The fourth-order valence-electron chi connectivity index (χ4n) is 4.73. The summed E-state index contributed by atoms with van der Waals surface area (Å²) >= 11 is 4.21. The number of nitrogens with zero attached hydrogens (tertiary/aromatic N) is 1. The molecule has 0 radical (unpaired) electrons. The van der Waals surface area contributed by atoms with Crippen LogP contribution in [0.15, 0.2) is 35.7 Å². The molecule has 26 heavy (non-hydrogen) atoms. The Hall–Kier alpha value is -1.20. The molecule has 0 amide bonds. The summed E-state index contributed by atoms with van der Waals surface area (Å²) in [4.78, 5) is 4.97. The maximum atomic E-state index is 4.97. The van der Waals surface area contributed by atoms with Gasteiger partial charge in [-0.2, -0.15) is 0 Å². The molecule has 1 heterocycles. The average Bonchev–Trinajstić information content (AvgIpc) is 3.36. The lowest BCUT2D eigenvalue weighted by Crippen LogP contribution is -1.98. The first kappa shape index (κ1) is 16.9. The number of hydrogen-bond acceptors (Lipinski definition) is 2. The molecule has 1 fully saturated rings. The van der Waals surface area contributed by atoms with Crippen LogP contribution in [0, 0.1) is 17.4 Å². The molecule has 1 aromatic heterocycles. The van der Waals surface area contributed by atoms with Gasteiger partial charge in [-0.1, -0.05) is 18.2 Å². The van der Waals surface area contributed by atoms with Gasteiger partial charge in [-0.05, 0) is 107 Å². The van der Waals surface area contributed by atoms with E-state index in [4.69, 9.17) is 4.98 Å². The molecule has 1 saturated carbocycles. The minimum absolute atomic E-state index is 0.812. The van der Waals surface area contributed by atoms with Crippen LogP contribution in [0.5, 0.6) is 0 Å². The van der Waals surface area contributed by atoms with E-state index in [1.807, 2.05) is 0 Å². The number of halogens is 1. The van der Waals surface area contributed by atoms with Gasteiger partial charge >= 0.3 is 0 Å². The van der Waals surface area contributed by atoms with E-state index in [2.05, 4.69) is 72.2 Å². The van der Waals surface area contributed by atoms with Crippen LogP contribution in [0.1, 0.15) is 64.6 Å². The number of thiazole rings is 1. The van der Waals surface area contributed by atoms with Crippen LogP contribution in [-0.4, -0.2) is 4.98 Å². The second-order valence-electron chi connectivity index (χ2n) is 7.90. The number of rotatable bonds is 3. The van der Waals surface area contributed by atoms with Crippen LogP contribution in [-0.2, 0) is 6.42 Å². The molecule has 0 aliphatic heterocycles. The van der Waals surface area contributed by atoms with Crippen LogP contribution in [0.2, 0.25) is 0 Å². The maximum Gasteiger partial charge on any atom is 0.123 e. The Balaban J connectivity index is 1.43. The lowest BCUT2D eigenvalue weighted by Gasteiger charge is -2.15. The van der Waals surface area contributed by atoms with Crippen molar-refractivity contribution < 1.29 is 0 Å². The molecular formula is C23H22INS.